The number of carbonyl (C=O) groups is 3. The van der Waals surface area contributed by atoms with Gasteiger partial charge in [0.1, 0.15) is 6.04 Å². The number of β-amino-alcohol motifs (C(OH)–C–C–N with tert-alkyl or cyclic N) is 1. The maximum absolute atomic E-state index is 14.1. The first-order valence-electron chi connectivity index (χ1n) is 17.4. The highest BCUT2D eigenvalue weighted by atomic mass is 32.2. The zero-order valence-electron chi connectivity index (χ0n) is 30.1. The van der Waals surface area contributed by atoms with Crippen molar-refractivity contribution in [2.45, 2.75) is 108 Å². The molecule has 1 aliphatic carbocycles. The Morgan fingerprint density at radius 1 is 1.00 bits per heavy atom. The zero-order valence-corrected chi connectivity index (χ0v) is 30.9. The van der Waals surface area contributed by atoms with Gasteiger partial charge in [0.05, 0.1) is 22.9 Å². The van der Waals surface area contributed by atoms with Gasteiger partial charge in [-0.15, -0.1) is 5.10 Å². The number of amides is 3. The number of nitrogens with one attached hydrogen (secondary N) is 3. The highest BCUT2D eigenvalue weighted by molar-refractivity contribution is 7.92. The van der Waals surface area contributed by atoms with E-state index in [9.17, 15) is 27.9 Å². The molecular formula is C36H54N6O7S. The first kappa shape index (κ1) is 39.2. The van der Waals surface area contributed by atoms with Gasteiger partial charge in [-0.25, -0.2) is 8.42 Å². The largest absolute Gasteiger partial charge is 0.466 e. The fraction of sp³-hybridized carbons (Fsp3) is 0.639. The van der Waals surface area contributed by atoms with Gasteiger partial charge in [-0.2, -0.15) is 5.10 Å². The molecular weight excluding hydrogens is 660 g/mol. The molecule has 0 bridgehead atoms. The Morgan fingerprint density at radius 3 is 2.30 bits per heavy atom. The molecule has 2 aliphatic rings. The van der Waals surface area contributed by atoms with E-state index >= 15 is 0 Å². The summed E-state index contributed by atoms with van der Waals surface area (Å²) in [5, 5.41) is 27.9. The number of sulfone groups is 1. The Balaban J connectivity index is 1.58. The zero-order chi connectivity index (χ0) is 36.7. The first-order valence-corrected chi connectivity index (χ1v) is 19.3. The standard InChI is InChI=1S/C36H54N6O7S/c1-35(2,3)40-33(45)28-20-25-15-10-11-16-26(25)21-42(28)22-29(43)27(19-24-13-8-7-9-14-24)38-34(46)32(36(4,5)50(6,47)48)39-30(44)23-49-31-17-12-18-37-41-31/h7-9,12-14,17-18,25-29,32,43H,10-11,15-16,19-23H2,1-6H3,(H,38,46)(H,39,44)(H,40,45). The molecule has 13 nitrogen and oxygen atoms in total. The Bertz CT molecular complexity index is 1550. The van der Waals surface area contributed by atoms with Crippen molar-refractivity contribution in [1.82, 2.24) is 31.0 Å². The van der Waals surface area contributed by atoms with Gasteiger partial charge in [0.2, 0.25) is 17.7 Å². The van der Waals surface area contributed by atoms with Crippen LogP contribution in [0, 0.1) is 11.8 Å². The lowest BCUT2D eigenvalue weighted by Crippen LogP contribution is -2.64. The third kappa shape index (κ3) is 10.7. The van der Waals surface area contributed by atoms with E-state index in [2.05, 4.69) is 26.1 Å². The lowest BCUT2D eigenvalue weighted by molar-refractivity contribution is -0.133. The second-order valence-corrected chi connectivity index (χ2v) is 17.9. The predicted octanol–water partition coefficient (Wildman–Crippen LogP) is 2.05. The van der Waals surface area contributed by atoms with Gasteiger partial charge in [-0.1, -0.05) is 49.6 Å². The van der Waals surface area contributed by atoms with E-state index in [-0.39, 0.29) is 24.8 Å². The van der Waals surface area contributed by atoms with E-state index in [1.54, 1.807) is 6.07 Å². The van der Waals surface area contributed by atoms with E-state index in [4.69, 9.17) is 4.74 Å². The van der Waals surface area contributed by atoms with Gasteiger partial charge in [0.15, 0.2) is 16.4 Å². The molecule has 2 heterocycles. The molecule has 1 saturated heterocycles. The number of carbonyl (C=O) groups excluding carboxylic acids is 3. The molecule has 1 saturated carbocycles. The summed E-state index contributed by atoms with van der Waals surface area (Å²) in [6, 6.07) is 9.56. The van der Waals surface area contributed by atoms with Crippen LogP contribution in [0.2, 0.25) is 0 Å². The first-order chi connectivity index (χ1) is 23.4. The van der Waals surface area contributed by atoms with Crippen LogP contribution in [0.5, 0.6) is 5.88 Å². The van der Waals surface area contributed by atoms with E-state index in [1.807, 2.05) is 56.0 Å². The van der Waals surface area contributed by atoms with Crippen molar-refractivity contribution >= 4 is 27.6 Å². The molecule has 2 aromatic rings. The monoisotopic (exact) mass is 714 g/mol. The van der Waals surface area contributed by atoms with E-state index in [1.165, 1.54) is 26.1 Å². The number of hydrogen-bond acceptors (Lipinski definition) is 10. The summed E-state index contributed by atoms with van der Waals surface area (Å²) in [5.74, 6) is -0.663. The number of nitrogens with zero attached hydrogens (tertiary/aromatic N) is 3. The van der Waals surface area contributed by atoms with Crippen molar-refractivity contribution in [1.29, 1.82) is 0 Å². The summed E-state index contributed by atoms with van der Waals surface area (Å²) in [5.41, 5.74) is 0.408. The summed E-state index contributed by atoms with van der Waals surface area (Å²) in [7, 11) is -3.89. The second-order valence-electron chi connectivity index (χ2n) is 15.3. The molecule has 6 unspecified atom stereocenters. The molecule has 276 valence electrons. The lowest BCUT2D eigenvalue weighted by Gasteiger charge is -2.47. The maximum Gasteiger partial charge on any atom is 0.258 e. The van der Waals surface area contributed by atoms with Crippen LogP contribution in [0.25, 0.3) is 0 Å². The van der Waals surface area contributed by atoms with Gasteiger partial charge in [-0.05, 0) is 77.3 Å². The number of benzene rings is 1. The molecule has 6 atom stereocenters. The average Bonchev–Trinajstić information content (AvgIpc) is 3.05. The number of aliphatic hydroxyl groups is 1. The Labute approximate surface area is 296 Å². The molecule has 0 radical (unpaired) electrons. The summed E-state index contributed by atoms with van der Waals surface area (Å²) >= 11 is 0. The SMILES string of the molecule is CC(C)(C)NC(=O)C1CC2CCCCC2CN1CC(O)C(Cc1ccccc1)NC(=O)C(NC(=O)COc1cccnn1)C(C)(C)S(C)(=O)=O. The number of hydrogen-bond donors (Lipinski definition) is 4. The van der Waals surface area contributed by atoms with Crippen LogP contribution in [0.1, 0.15) is 72.3 Å². The van der Waals surface area contributed by atoms with Gasteiger partial charge in [0, 0.05) is 37.1 Å². The van der Waals surface area contributed by atoms with Crippen LogP contribution in [0.15, 0.2) is 48.7 Å². The Kier molecular flexibility index (Phi) is 13.0. The Morgan fingerprint density at radius 2 is 1.68 bits per heavy atom. The lowest BCUT2D eigenvalue weighted by atomic mass is 9.72. The van der Waals surface area contributed by atoms with Gasteiger partial charge < -0.3 is 25.8 Å². The molecule has 50 heavy (non-hydrogen) atoms. The minimum atomic E-state index is -3.89. The molecule has 1 aliphatic heterocycles. The number of aromatic nitrogens is 2. The van der Waals surface area contributed by atoms with Gasteiger partial charge in [0.25, 0.3) is 5.91 Å². The number of rotatable bonds is 14. The second kappa shape index (κ2) is 16.6. The van der Waals surface area contributed by atoms with Gasteiger partial charge in [-0.3, -0.25) is 19.3 Å². The minimum absolute atomic E-state index is 0.0845. The summed E-state index contributed by atoms with van der Waals surface area (Å²) in [4.78, 5) is 42.8. The number of fused-ring (bicyclic) bond motifs is 1. The predicted molar refractivity (Wildman–Crippen MR) is 190 cm³/mol. The van der Waals surface area contributed by atoms with Crippen LogP contribution in [0.3, 0.4) is 0 Å². The summed E-state index contributed by atoms with van der Waals surface area (Å²) in [6.07, 6.45) is 6.67. The molecule has 2 fully saturated rings. The third-order valence-electron chi connectivity index (χ3n) is 9.93. The molecule has 14 heteroatoms. The number of piperidine rings is 1. The fourth-order valence-electron chi connectivity index (χ4n) is 6.89. The van der Waals surface area contributed by atoms with Crippen molar-refractivity contribution in [2.24, 2.45) is 11.8 Å². The molecule has 1 aromatic heterocycles. The third-order valence-corrected chi connectivity index (χ3v) is 12.1. The van der Waals surface area contributed by atoms with E-state index in [0.717, 1.165) is 37.5 Å². The molecule has 4 N–H and O–H groups in total. The van der Waals surface area contributed by atoms with Crippen LogP contribution in [-0.2, 0) is 30.6 Å². The fourth-order valence-corrected chi connectivity index (χ4v) is 7.48. The van der Waals surface area contributed by atoms with Crippen LogP contribution >= 0.6 is 0 Å². The average molecular weight is 715 g/mol. The normalized spacial score (nSPS) is 21.9. The summed E-state index contributed by atoms with van der Waals surface area (Å²) in [6.45, 7) is 8.79. The number of ether oxygens (including phenoxy) is 1. The quantitative estimate of drug-likeness (QED) is 0.226. The van der Waals surface area contributed by atoms with Crippen molar-refractivity contribution < 1.29 is 32.6 Å². The van der Waals surface area contributed by atoms with Crippen molar-refractivity contribution in [2.75, 3.05) is 26.0 Å². The smallest absolute Gasteiger partial charge is 0.258 e. The van der Waals surface area contributed by atoms with Crippen molar-refractivity contribution in [3.63, 3.8) is 0 Å². The highest BCUT2D eigenvalue weighted by Gasteiger charge is 2.46. The van der Waals surface area contributed by atoms with E-state index < -0.39 is 62.8 Å². The number of likely N-dealkylation sites (tertiary alicyclic amines) is 1. The van der Waals surface area contributed by atoms with Crippen molar-refractivity contribution in [3.8, 4) is 5.88 Å². The maximum atomic E-state index is 14.1. The topological polar surface area (TPSA) is 180 Å². The molecule has 3 amide bonds. The molecule has 0 spiro atoms. The minimum Gasteiger partial charge on any atom is -0.466 e. The van der Waals surface area contributed by atoms with Gasteiger partial charge >= 0.3 is 0 Å². The molecule has 1 aromatic carbocycles. The highest BCUT2D eigenvalue weighted by Crippen LogP contribution is 2.39. The summed E-state index contributed by atoms with van der Waals surface area (Å²) < 4.78 is 29.6. The van der Waals surface area contributed by atoms with Crippen molar-refractivity contribution in [3.05, 3.63) is 54.2 Å². The van der Waals surface area contributed by atoms with E-state index in [0.29, 0.717) is 24.8 Å². The number of aliphatic hydroxyl groups excluding tert-OH is 1. The van der Waals surface area contributed by atoms with Crippen LogP contribution in [-0.4, -0.2) is 107 Å². The Hall–Kier alpha value is -3.62. The van der Waals surface area contributed by atoms with Crippen LogP contribution < -0.4 is 20.7 Å². The van der Waals surface area contributed by atoms with Crippen LogP contribution in [0.4, 0.5) is 0 Å². The molecule has 4 rings (SSSR count).